The second kappa shape index (κ2) is 6.61. The van der Waals surface area contributed by atoms with Crippen molar-refractivity contribution in [2.75, 3.05) is 6.54 Å². The van der Waals surface area contributed by atoms with Crippen LogP contribution in [0.3, 0.4) is 0 Å². The first-order valence-electron chi connectivity index (χ1n) is 9.59. The van der Waals surface area contributed by atoms with Crippen molar-refractivity contribution in [2.24, 2.45) is 5.92 Å². The van der Waals surface area contributed by atoms with Gasteiger partial charge in [-0.15, -0.1) is 0 Å². The molecule has 2 aromatic rings. The summed E-state index contributed by atoms with van der Waals surface area (Å²) >= 11 is 0. The molecule has 0 aliphatic carbocycles. The molecule has 3 heterocycles. The van der Waals surface area contributed by atoms with E-state index < -0.39 is 5.82 Å². The number of aromatic nitrogens is 1. The van der Waals surface area contributed by atoms with Crippen LogP contribution < -0.4 is 0 Å². The molecule has 2 bridgehead atoms. The fourth-order valence-corrected chi connectivity index (χ4v) is 5.11. The van der Waals surface area contributed by atoms with E-state index in [2.05, 4.69) is 17.9 Å². The summed E-state index contributed by atoms with van der Waals surface area (Å²) in [5.74, 6) is 0.0559. The third kappa shape index (κ3) is 2.80. The van der Waals surface area contributed by atoms with Crippen molar-refractivity contribution in [3.63, 3.8) is 0 Å². The quantitative estimate of drug-likeness (QED) is 0.765. The molecular formula is C22H24FN3O. The van der Waals surface area contributed by atoms with Crippen LogP contribution >= 0.6 is 0 Å². The third-order valence-electron chi connectivity index (χ3n) is 6.42. The highest BCUT2D eigenvalue weighted by molar-refractivity contribution is 5.99. The van der Waals surface area contributed by atoms with Gasteiger partial charge in [-0.2, -0.15) is 5.26 Å². The minimum atomic E-state index is -0.429. The third-order valence-corrected chi connectivity index (χ3v) is 6.42. The summed E-state index contributed by atoms with van der Waals surface area (Å²) in [5, 5.41) is 8.97. The van der Waals surface area contributed by atoms with Crippen molar-refractivity contribution in [3.05, 3.63) is 52.6 Å². The number of carbonyl (C=O) groups excluding carboxylic acids is 1. The molecule has 2 saturated heterocycles. The zero-order chi connectivity index (χ0) is 19.3. The number of hydrogen-bond donors (Lipinski definition) is 0. The summed E-state index contributed by atoms with van der Waals surface area (Å²) in [6.07, 6.45) is 3.44. The van der Waals surface area contributed by atoms with E-state index in [1.54, 1.807) is 42.7 Å². The molecule has 2 unspecified atom stereocenters. The summed E-state index contributed by atoms with van der Waals surface area (Å²) in [7, 11) is 0. The topological polar surface area (TPSA) is 49.0 Å². The number of hydrogen-bond acceptors (Lipinski definition) is 3. The Labute approximate surface area is 159 Å². The SMILES string of the molecule is Cc1c(F)c(C(=O)CN2C3CCC2[C@@H](C)C3)c(C)n1-c1ccc(C#N)cc1. The Kier molecular flexibility index (Phi) is 4.39. The molecule has 3 atom stereocenters. The molecule has 4 rings (SSSR count). The zero-order valence-electron chi connectivity index (χ0n) is 16.0. The molecule has 27 heavy (non-hydrogen) atoms. The van der Waals surface area contributed by atoms with Crippen LogP contribution in [0.25, 0.3) is 5.69 Å². The van der Waals surface area contributed by atoms with Gasteiger partial charge >= 0.3 is 0 Å². The van der Waals surface area contributed by atoms with Crippen LogP contribution in [0.15, 0.2) is 24.3 Å². The van der Waals surface area contributed by atoms with Gasteiger partial charge in [0.15, 0.2) is 11.6 Å². The van der Waals surface area contributed by atoms with Gasteiger partial charge in [0.2, 0.25) is 0 Å². The van der Waals surface area contributed by atoms with Gasteiger partial charge in [0.1, 0.15) is 0 Å². The number of carbonyl (C=O) groups is 1. The van der Waals surface area contributed by atoms with Crippen molar-refractivity contribution in [3.8, 4) is 11.8 Å². The number of halogens is 1. The number of ketones is 1. The standard InChI is InChI=1S/C22H24FN3O/c1-13-10-18-8-9-19(13)25(18)12-20(27)21-14(2)26(15(3)22(21)23)17-6-4-16(11-24)5-7-17/h4-7,13,18-19H,8-10,12H2,1-3H3/t13-,18?,19?/m0/s1. The smallest absolute Gasteiger partial charge is 0.181 e. The largest absolute Gasteiger partial charge is 0.315 e. The average molecular weight is 365 g/mol. The molecule has 0 N–H and O–H groups in total. The van der Waals surface area contributed by atoms with E-state index in [9.17, 15) is 4.79 Å². The lowest BCUT2D eigenvalue weighted by Crippen LogP contribution is -2.35. The molecule has 0 spiro atoms. The van der Waals surface area contributed by atoms with Crippen LogP contribution in [0.2, 0.25) is 0 Å². The molecule has 2 fully saturated rings. The van der Waals surface area contributed by atoms with E-state index in [-0.39, 0.29) is 11.3 Å². The van der Waals surface area contributed by atoms with E-state index >= 15 is 4.39 Å². The molecule has 5 heteroatoms. The monoisotopic (exact) mass is 365 g/mol. The Balaban J connectivity index is 1.65. The van der Waals surface area contributed by atoms with Gasteiger partial charge in [0.05, 0.1) is 29.4 Å². The molecule has 140 valence electrons. The Bertz CT molecular complexity index is 938. The van der Waals surface area contributed by atoms with Gasteiger partial charge in [0.25, 0.3) is 0 Å². The van der Waals surface area contributed by atoms with Crippen molar-refractivity contribution in [1.82, 2.24) is 9.47 Å². The van der Waals surface area contributed by atoms with Gasteiger partial charge in [-0.25, -0.2) is 4.39 Å². The van der Waals surface area contributed by atoms with Gasteiger partial charge in [-0.05, 0) is 63.3 Å². The summed E-state index contributed by atoms with van der Waals surface area (Å²) in [6, 6.07) is 10.0. The highest BCUT2D eigenvalue weighted by Gasteiger charge is 2.45. The summed E-state index contributed by atoms with van der Waals surface area (Å²) in [4.78, 5) is 15.3. The Morgan fingerprint density at radius 1 is 1.22 bits per heavy atom. The fourth-order valence-electron chi connectivity index (χ4n) is 5.11. The van der Waals surface area contributed by atoms with Gasteiger partial charge in [-0.1, -0.05) is 6.92 Å². The molecule has 4 nitrogen and oxygen atoms in total. The first-order valence-corrected chi connectivity index (χ1v) is 9.59. The second-order valence-electron chi connectivity index (χ2n) is 7.96. The van der Waals surface area contributed by atoms with Crippen LogP contribution in [0.1, 0.15) is 53.5 Å². The van der Waals surface area contributed by atoms with Crippen molar-refractivity contribution >= 4 is 5.78 Å². The minimum absolute atomic E-state index is 0.133. The van der Waals surface area contributed by atoms with Crippen LogP contribution in [-0.2, 0) is 0 Å². The highest BCUT2D eigenvalue weighted by atomic mass is 19.1. The van der Waals surface area contributed by atoms with E-state index in [0.717, 1.165) is 24.9 Å². The number of nitrogens with zero attached hydrogens (tertiary/aromatic N) is 3. The van der Waals surface area contributed by atoms with Crippen molar-refractivity contribution < 1.29 is 9.18 Å². The first-order chi connectivity index (χ1) is 12.9. The molecule has 1 aromatic heterocycles. The maximum Gasteiger partial charge on any atom is 0.181 e. The predicted molar refractivity (Wildman–Crippen MR) is 102 cm³/mol. The lowest BCUT2D eigenvalue weighted by molar-refractivity contribution is 0.0909. The Morgan fingerprint density at radius 3 is 2.48 bits per heavy atom. The lowest BCUT2D eigenvalue weighted by atomic mass is 9.91. The molecule has 2 aliphatic heterocycles. The Hall–Kier alpha value is -2.45. The van der Waals surface area contributed by atoms with E-state index in [1.165, 1.54) is 0 Å². The molecule has 0 saturated carbocycles. The van der Waals surface area contributed by atoms with Gasteiger partial charge in [-0.3, -0.25) is 9.69 Å². The fraction of sp³-hybridized carbons (Fsp3) is 0.455. The number of benzene rings is 1. The van der Waals surface area contributed by atoms with E-state index in [0.29, 0.717) is 41.5 Å². The summed E-state index contributed by atoms with van der Waals surface area (Å²) in [5.41, 5.74) is 2.57. The lowest BCUT2D eigenvalue weighted by Gasteiger charge is -2.22. The maximum atomic E-state index is 15.0. The number of Topliss-reactive ketones (excluding diaryl/α,β-unsaturated/α-hetero) is 1. The summed E-state index contributed by atoms with van der Waals surface area (Å²) < 4.78 is 16.8. The van der Waals surface area contributed by atoms with Crippen LogP contribution in [0, 0.1) is 36.9 Å². The number of nitriles is 1. The van der Waals surface area contributed by atoms with Crippen molar-refractivity contribution in [1.29, 1.82) is 5.26 Å². The predicted octanol–water partition coefficient (Wildman–Crippen LogP) is 4.16. The zero-order valence-corrected chi connectivity index (χ0v) is 16.0. The number of fused-ring (bicyclic) bond motifs is 2. The first kappa shape index (κ1) is 17.9. The summed E-state index contributed by atoms with van der Waals surface area (Å²) in [6.45, 7) is 6.04. The van der Waals surface area contributed by atoms with E-state index in [4.69, 9.17) is 5.26 Å². The van der Waals surface area contributed by atoms with Crippen LogP contribution in [0.5, 0.6) is 0 Å². The minimum Gasteiger partial charge on any atom is -0.315 e. The van der Waals surface area contributed by atoms with Gasteiger partial charge in [0, 0.05) is 23.5 Å². The van der Waals surface area contributed by atoms with Crippen molar-refractivity contribution in [2.45, 2.75) is 52.1 Å². The van der Waals surface area contributed by atoms with Crippen LogP contribution in [0.4, 0.5) is 4.39 Å². The maximum absolute atomic E-state index is 15.0. The average Bonchev–Trinajstić information content (AvgIpc) is 3.24. The normalized spacial score (nSPS) is 24.3. The second-order valence-corrected chi connectivity index (χ2v) is 7.96. The number of rotatable bonds is 4. The van der Waals surface area contributed by atoms with Crippen LogP contribution in [-0.4, -0.2) is 33.9 Å². The molecular weight excluding hydrogens is 341 g/mol. The molecule has 0 amide bonds. The molecule has 1 aromatic carbocycles. The highest BCUT2D eigenvalue weighted by Crippen LogP contribution is 2.41. The molecule has 2 aliphatic rings. The Morgan fingerprint density at radius 2 is 1.93 bits per heavy atom. The van der Waals surface area contributed by atoms with Gasteiger partial charge < -0.3 is 4.57 Å². The molecule has 0 radical (unpaired) electrons. The van der Waals surface area contributed by atoms with E-state index in [1.807, 2.05) is 0 Å².